The number of carbonyl (C=O) groups is 3. The van der Waals surface area contributed by atoms with Gasteiger partial charge in [0.2, 0.25) is 10.0 Å². The van der Waals surface area contributed by atoms with E-state index >= 15 is 0 Å². The molecule has 0 bridgehead atoms. The van der Waals surface area contributed by atoms with E-state index in [1.54, 1.807) is 0 Å². The van der Waals surface area contributed by atoms with Gasteiger partial charge in [0.1, 0.15) is 10.6 Å². The second-order valence-electron chi connectivity index (χ2n) is 6.10. The molecule has 0 N–H and O–H groups in total. The van der Waals surface area contributed by atoms with Crippen LogP contribution in [0.3, 0.4) is 0 Å². The summed E-state index contributed by atoms with van der Waals surface area (Å²) in [6.45, 7) is 0.0735. The lowest BCUT2D eigenvalue weighted by Gasteiger charge is -2.39. The standard InChI is InChI=1S/C16H18N2O8S/c1-24-12-4-3-11(15(20)25-2)5-13(12)27(22,23)17-6-10(7-17)8-18-14(19)9-26-16(18)21/h3-5,10H,6-9H2,1-2H3. The fourth-order valence-corrected chi connectivity index (χ4v) is 4.69. The molecule has 2 fully saturated rings. The zero-order valence-electron chi connectivity index (χ0n) is 14.7. The van der Waals surface area contributed by atoms with E-state index in [-0.39, 0.29) is 48.4 Å². The molecule has 2 amide bonds. The Labute approximate surface area is 155 Å². The highest BCUT2D eigenvalue weighted by molar-refractivity contribution is 7.89. The van der Waals surface area contributed by atoms with Gasteiger partial charge in [0.25, 0.3) is 5.91 Å². The molecule has 0 unspecified atom stereocenters. The van der Waals surface area contributed by atoms with E-state index in [2.05, 4.69) is 9.47 Å². The van der Waals surface area contributed by atoms with Crippen LogP contribution in [0.25, 0.3) is 0 Å². The van der Waals surface area contributed by atoms with E-state index in [9.17, 15) is 22.8 Å². The summed E-state index contributed by atoms with van der Waals surface area (Å²) >= 11 is 0. The van der Waals surface area contributed by atoms with Gasteiger partial charge in [-0.3, -0.25) is 4.79 Å². The number of sulfonamides is 1. The number of hydrogen-bond acceptors (Lipinski definition) is 8. The summed E-state index contributed by atoms with van der Waals surface area (Å²) in [7, 11) is -1.39. The Kier molecular flexibility index (Phi) is 5.07. The lowest BCUT2D eigenvalue weighted by molar-refractivity contribution is -0.126. The second kappa shape index (κ2) is 7.16. The number of nitrogens with zero attached hydrogens (tertiary/aromatic N) is 2. The van der Waals surface area contributed by atoms with E-state index in [4.69, 9.17) is 4.74 Å². The smallest absolute Gasteiger partial charge is 0.417 e. The Morgan fingerprint density at radius 3 is 2.52 bits per heavy atom. The first-order valence-corrected chi connectivity index (χ1v) is 9.45. The summed E-state index contributed by atoms with van der Waals surface area (Å²) in [6.07, 6.45) is -0.714. The molecule has 10 nitrogen and oxygen atoms in total. The average Bonchev–Trinajstić information content (AvgIpc) is 2.94. The predicted molar refractivity (Wildman–Crippen MR) is 89.6 cm³/mol. The summed E-state index contributed by atoms with van der Waals surface area (Å²) < 4.78 is 41.3. The number of hydrogen-bond donors (Lipinski definition) is 0. The molecule has 146 valence electrons. The zero-order chi connectivity index (χ0) is 19.8. The molecule has 1 aromatic carbocycles. The number of esters is 1. The van der Waals surface area contributed by atoms with Crippen molar-refractivity contribution in [3.8, 4) is 5.75 Å². The number of carbonyl (C=O) groups excluding carboxylic acids is 3. The number of benzene rings is 1. The molecule has 1 aromatic rings. The van der Waals surface area contributed by atoms with Gasteiger partial charge >= 0.3 is 12.1 Å². The first kappa shape index (κ1) is 19.1. The van der Waals surface area contributed by atoms with Crippen molar-refractivity contribution in [3.63, 3.8) is 0 Å². The Bertz CT molecular complexity index is 876. The highest BCUT2D eigenvalue weighted by Crippen LogP contribution is 2.32. The first-order valence-electron chi connectivity index (χ1n) is 8.01. The number of ether oxygens (including phenoxy) is 3. The van der Waals surface area contributed by atoms with Crippen LogP contribution < -0.4 is 4.74 Å². The maximum absolute atomic E-state index is 12.9. The molecule has 2 aliphatic heterocycles. The number of cyclic esters (lactones) is 1. The van der Waals surface area contributed by atoms with Crippen LogP contribution in [0.2, 0.25) is 0 Å². The molecule has 0 saturated carbocycles. The van der Waals surface area contributed by atoms with E-state index in [1.807, 2.05) is 0 Å². The first-order chi connectivity index (χ1) is 12.8. The molecule has 11 heteroatoms. The van der Waals surface area contributed by atoms with Crippen molar-refractivity contribution in [2.45, 2.75) is 4.90 Å². The van der Waals surface area contributed by atoms with Gasteiger partial charge in [0.05, 0.1) is 19.8 Å². The highest BCUT2D eigenvalue weighted by Gasteiger charge is 2.42. The van der Waals surface area contributed by atoms with Crippen molar-refractivity contribution in [3.05, 3.63) is 23.8 Å². The minimum absolute atomic E-state index is 0.0827. The summed E-state index contributed by atoms with van der Waals surface area (Å²) in [6, 6.07) is 4.00. The Morgan fingerprint density at radius 1 is 1.26 bits per heavy atom. The van der Waals surface area contributed by atoms with Gasteiger partial charge in [-0.05, 0) is 18.2 Å². The Balaban J connectivity index is 1.75. The van der Waals surface area contributed by atoms with Crippen molar-refractivity contribution in [1.82, 2.24) is 9.21 Å². The van der Waals surface area contributed by atoms with Crippen LogP contribution >= 0.6 is 0 Å². The molecule has 0 aromatic heterocycles. The molecule has 0 atom stereocenters. The molecule has 3 rings (SSSR count). The molecule has 2 saturated heterocycles. The van der Waals surface area contributed by atoms with Gasteiger partial charge in [-0.25, -0.2) is 22.9 Å². The van der Waals surface area contributed by atoms with Crippen molar-refractivity contribution in [2.75, 3.05) is 40.5 Å². The van der Waals surface area contributed by atoms with Crippen molar-refractivity contribution in [2.24, 2.45) is 5.92 Å². The maximum atomic E-state index is 12.9. The third-order valence-corrected chi connectivity index (χ3v) is 6.26. The van der Waals surface area contributed by atoms with Gasteiger partial charge in [-0.1, -0.05) is 0 Å². The highest BCUT2D eigenvalue weighted by atomic mass is 32.2. The zero-order valence-corrected chi connectivity index (χ0v) is 15.5. The molecule has 27 heavy (non-hydrogen) atoms. The number of imide groups is 1. The second-order valence-corrected chi connectivity index (χ2v) is 8.01. The fraction of sp³-hybridized carbons (Fsp3) is 0.438. The minimum atomic E-state index is -3.92. The molecular formula is C16H18N2O8S. The van der Waals surface area contributed by atoms with Crippen molar-refractivity contribution >= 4 is 28.0 Å². The van der Waals surface area contributed by atoms with E-state index in [0.29, 0.717) is 0 Å². The number of methoxy groups -OCH3 is 2. The monoisotopic (exact) mass is 398 g/mol. The van der Waals surface area contributed by atoms with Gasteiger partial charge in [0, 0.05) is 25.6 Å². The topological polar surface area (TPSA) is 120 Å². The summed E-state index contributed by atoms with van der Waals surface area (Å²) in [5.74, 6) is -1.19. The summed E-state index contributed by atoms with van der Waals surface area (Å²) in [5.41, 5.74) is 0.0827. The van der Waals surface area contributed by atoms with E-state index < -0.39 is 28.0 Å². The number of rotatable bonds is 6. The largest absolute Gasteiger partial charge is 0.495 e. The van der Waals surface area contributed by atoms with Gasteiger partial charge in [-0.2, -0.15) is 4.31 Å². The minimum Gasteiger partial charge on any atom is -0.495 e. The van der Waals surface area contributed by atoms with Crippen molar-refractivity contribution < 1.29 is 37.0 Å². The third kappa shape index (κ3) is 3.47. The van der Waals surface area contributed by atoms with Gasteiger partial charge in [0.15, 0.2) is 6.61 Å². The van der Waals surface area contributed by atoms with Crippen LogP contribution in [-0.4, -0.2) is 76.1 Å². The van der Waals surface area contributed by atoms with Gasteiger partial charge in [-0.15, -0.1) is 0 Å². The van der Waals surface area contributed by atoms with Crippen LogP contribution in [-0.2, 0) is 24.3 Å². The predicted octanol–water partition coefficient (Wildman–Crippen LogP) is 0.0811. The van der Waals surface area contributed by atoms with Crippen LogP contribution in [0, 0.1) is 5.92 Å². The van der Waals surface area contributed by atoms with Crippen molar-refractivity contribution in [1.29, 1.82) is 0 Å². The molecule has 0 radical (unpaired) electrons. The lowest BCUT2D eigenvalue weighted by Crippen LogP contribution is -2.54. The van der Waals surface area contributed by atoms with Gasteiger partial charge < -0.3 is 14.2 Å². The van der Waals surface area contributed by atoms with E-state index in [1.165, 1.54) is 36.7 Å². The molecule has 2 heterocycles. The fourth-order valence-electron chi connectivity index (χ4n) is 2.91. The number of amides is 2. The Hall–Kier alpha value is -2.66. The van der Waals surface area contributed by atoms with E-state index in [0.717, 1.165) is 4.90 Å². The quantitative estimate of drug-likeness (QED) is 0.618. The summed E-state index contributed by atoms with van der Waals surface area (Å²) in [5, 5.41) is 0. The molecular weight excluding hydrogens is 380 g/mol. The normalized spacial score (nSPS) is 18.2. The van der Waals surface area contributed by atoms with Crippen LogP contribution in [0.1, 0.15) is 10.4 Å². The van der Waals surface area contributed by atoms with Crippen LogP contribution in [0.4, 0.5) is 4.79 Å². The van der Waals surface area contributed by atoms with Crippen LogP contribution in [0.5, 0.6) is 5.75 Å². The maximum Gasteiger partial charge on any atom is 0.417 e. The third-order valence-electron chi connectivity index (χ3n) is 4.41. The van der Waals surface area contributed by atoms with Crippen LogP contribution in [0.15, 0.2) is 23.1 Å². The molecule has 0 spiro atoms. The SMILES string of the molecule is COC(=O)c1ccc(OC)c(S(=O)(=O)N2CC(CN3C(=O)COC3=O)C2)c1. The average molecular weight is 398 g/mol. The lowest BCUT2D eigenvalue weighted by atomic mass is 10.0. The molecule has 2 aliphatic rings. The Morgan fingerprint density at radius 2 is 1.96 bits per heavy atom. The summed E-state index contributed by atoms with van der Waals surface area (Å²) in [4.78, 5) is 35.6. The molecule has 0 aliphatic carbocycles.